The molecule has 3 amide bonds. The number of carbonyl (C=O) groups excluding carboxylic acids is 3. The van der Waals surface area contributed by atoms with E-state index in [4.69, 9.17) is 11.6 Å². The second-order valence-corrected chi connectivity index (χ2v) is 12.2. The van der Waals surface area contributed by atoms with E-state index in [-0.39, 0.29) is 11.6 Å². The first-order valence-corrected chi connectivity index (χ1v) is 15.9. The molecule has 0 radical (unpaired) electrons. The van der Waals surface area contributed by atoms with E-state index in [9.17, 15) is 14.4 Å². The predicted octanol–water partition coefficient (Wildman–Crippen LogP) is 8.84. The Balaban J connectivity index is 1.38. The molecule has 0 aliphatic rings. The largest absolute Gasteiger partial charge is 0.325 e. The lowest BCUT2D eigenvalue weighted by atomic mass is 10.1. The van der Waals surface area contributed by atoms with Gasteiger partial charge in [-0.05, 0) is 79.1 Å². The summed E-state index contributed by atoms with van der Waals surface area (Å²) in [5.41, 5.74) is 5.24. The molecule has 0 aliphatic carbocycles. The van der Waals surface area contributed by atoms with Crippen molar-refractivity contribution in [3.05, 3.63) is 166 Å². The third-order valence-electron chi connectivity index (χ3n) is 7.06. The molecule has 230 valence electrons. The summed E-state index contributed by atoms with van der Waals surface area (Å²) in [4.78, 5) is 41.0. The number of nitrogens with one attached hydrogen (secondary N) is 3. The van der Waals surface area contributed by atoms with Crippen LogP contribution in [0.2, 0.25) is 5.02 Å². The number of rotatable bonds is 10. The van der Waals surface area contributed by atoms with Crippen LogP contribution in [0, 0.1) is 13.8 Å². The first kappa shape index (κ1) is 32.3. The number of hydrogen-bond acceptors (Lipinski definition) is 4. The molecule has 8 heteroatoms. The molecule has 0 heterocycles. The molecule has 46 heavy (non-hydrogen) atoms. The maximum atomic E-state index is 13.7. The van der Waals surface area contributed by atoms with Gasteiger partial charge >= 0.3 is 0 Å². The molecule has 0 aliphatic heterocycles. The fraction of sp³-hybridized carbons (Fsp3) is 0.0789. The van der Waals surface area contributed by atoms with Crippen LogP contribution in [0.4, 0.5) is 11.4 Å². The molecule has 3 N–H and O–H groups in total. The number of hydrogen-bond donors (Lipinski definition) is 3. The van der Waals surface area contributed by atoms with Crippen molar-refractivity contribution in [1.82, 2.24) is 5.32 Å². The lowest BCUT2D eigenvalue weighted by Gasteiger charge is -2.19. The minimum Gasteiger partial charge on any atom is -0.325 e. The normalized spacial score (nSPS) is 11.8. The monoisotopic (exact) mass is 645 g/mol. The average Bonchev–Trinajstić information content (AvgIpc) is 3.07. The number of halogens is 1. The van der Waals surface area contributed by atoms with Gasteiger partial charge in [-0.3, -0.25) is 14.4 Å². The number of aryl methyl sites for hydroxylation is 2. The van der Waals surface area contributed by atoms with Crippen LogP contribution in [-0.4, -0.2) is 17.7 Å². The minimum absolute atomic E-state index is 0.0918. The van der Waals surface area contributed by atoms with Crippen LogP contribution in [-0.2, 0) is 9.59 Å². The minimum atomic E-state index is -0.590. The quantitative estimate of drug-likeness (QED) is 0.105. The molecule has 1 atom stereocenters. The summed E-state index contributed by atoms with van der Waals surface area (Å²) in [7, 11) is 0. The van der Waals surface area contributed by atoms with E-state index in [1.54, 1.807) is 54.6 Å². The Kier molecular flexibility index (Phi) is 10.7. The molecule has 5 aromatic rings. The molecule has 0 saturated heterocycles. The summed E-state index contributed by atoms with van der Waals surface area (Å²) in [5, 5.41) is 8.66. The second-order valence-electron chi connectivity index (χ2n) is 10.6. The fourth-order valence-corrected chi connectivity index (χ4v) is 5.84. The highest BCUT2D eigenvalue weighted by molar-refractivity contribution is 8.00. The lowest BCUT2D eigenvalue weighted by Crippen LogP contribution is -2.30. The van der Waals surface area contributed by atoms with Crippen LogP contribution in [0.3, 0.4) is 0 Å². The molecule has 0 saturated carbocycles. The molecule has 0 bridgehead atoms. The van der Waals surface area contributed by atoms with Gasteiger partial charge in [0.05, 0.1) is 0 Å². The van der Waals surface area contributed by atoms with E-state index in [1.807, 2.05) is 92.7 Å². The molecule has 6 nitrogen and oxygen atoms in total. The van der Waals surface area contributed by atoms with Crippen molar-refractivity contribution >= 4 is 58.5 Å². The maximum Gasteiger partial charge on any atom is 0.272 e. The van der Waals surface area contributed by atoms with Crippen molar-refractivity contribution in [2.24, 2.45) is 0 Å². The Morgan fingerprint density at radius 3 is 2.15 bits per heavy atom. The maximum absolute atomic E-state index is 13.7. The summed E-state index contributed by atoms with van der Waals surface area (Å²) in [6.45, 7) is 3.89. The van der Waals surface area contributed by atoms with Crippen molar-refractivity contribution in [3.8, 4) is 0 Å². The van der Waals surface area contributed by atoms with Gasteiger partial charge < -0.3 is 16.0 Å². The number of benzene rings is 5. The summed E-state index contributed by atoms with van der Waals surface area (Å²) < 4.78 is 0. The smallest absolute Gasteiger partial charge is 0.272 e. The van der Waals surface area contributed by atoms with Crippen LogP contribution in [0.15, 0.2) is 138 Å². The topological polar surface area (TPSA) is 87.3 Å². The summed E-state index contributed by atoms with van der Waals surface area (Å²) in [5.74, 6) is -1.09. The highest BCUT2D eigenvalue weighted by Gasteiger charge is 2.23. The highest BCUT2D eigenvalue weighted by atomic mass is 35.5. The molecule has 1 unspecified atom stereocenters. The van der Waals surface area contributed by atoms with Crippen LogP contribution >= 0.6 is 23.4 Å². The molecule has 5 rings (SSSR count). The molecule has 0 fully saturated rings. The second kappa shape index (κ2) is 15.3. The summed E-state index contributed by atoms with van der Waals surface area (Å²) >= 11 is 7.56. The van der Waals surface area contributed by atoms with Crippen molar-refractivity contribution in [1.29, 1.82) is 0 Å². The SMILES string of the molecule is Cc1ccc(/C=C(/NC(=O)c2ccccc2)C(=O)Nc2cccc(SC(C(=O)Nc3cc(Cl)ccc3C)c3ccccc3)c2)cc1. The number of carbonyl (C=O) groups is 3. The van der Waals surface area contributed by atoms with E-state index in [0.29, 0.717) is 22.0 Å². The van der Waals surface area contributed by atoms with E-state index < -0.39 is 17.1 Å². The van der Waals surface area contributed by atoms with E-state index in [2.05, 4.69) is 16.0 Å². The van der Waals surface area contributed by atoms with Crippen LogP contribution in [0.1, 0.15) is 37.9 Å². The standard InChI is InChI=1S/C38H32ClN3O3S/c1-25-16-19-27(20-17-25)22-34(42-36(43)29-12-7-4-8-13-29)37(44)40-31-14-9-15-32(24-31)46-35(28-10-5-3-6-11-28)38(45)41-33-23-30(39)21-18-26(33)2/h3-24,35H,1-2H3,(H,40,44)(H,41,45)(H,42,43)/b34-22+. The van der Waals surface area contributed by atoms with Gasteiger partial charge in [0.15, 0.2) is 0 Å². The van der Waals surface area contributed by atoms with E-state index in [0.717, 1.165) is 27.1 Å². The summed E-state index contributed by atoms with van der Waals surface area (Å²) in [6, 6.07) is 38.5. The van der Waals surface area contributed by atoms with Gasteiger partial charge in [-0.15, -0.1) is 11.8 Å². The number of anilines is 2. The Hall–Kier alpha value is -5.11. The Morgan fingerprint density at radius 1 is 0.739 bits per heavy atom. The highest BCUT2D eigenvalue weighted by Crippen LogP contribution is 2.37. The first-order valence-electron chi connectivity index (χ1n) is 14.6. The van der Waals surface area contributed by atoms with Crippen LogP contribution in [0.5, 0.6) is 0 Å². The van der Waals surface area contributed by atoms with Gasteiger partial charge in [-0.25, -0.2) is 0 Å². The Bertz CT molecular complexity index is 1880. The third-order valence-corrected chi connectivity index (χ3v) is 8.54. The lowest BCUT2D eigenvalue weighted by molar-refractivity contribution is -0.116. The van der Waals surface area contributed by atoms with E-state index in [1.165, 1.54) is 11.8 Å². The molecular weight excluding hydrogens is 614 g/mol. The molecule has 0 aromatic heterocycles. The molecule has 0 spiro atoms. The zero-order chi connectivity index (χ0) is 32.5. The zero-order valence-electron chi connectivity index (χ0n) is 25.3. The van der Waals surface area contributed by atoms with E-state index >= 15 is 0 Å². The fourth-order valence-electron chi connectivity index (χ4n) is 4.58. The van der Waals surface area contributed by atoms with Crippen molar-refractivity contribution in [3.63, 3.8) is 0 Å². The first-order chi connectivity index (χ1) is 22.2. The number of thioether (sulfide) groups is 1. The number of amides is 3. The molecule has 5 aromatic carbocycles. The average molecular weight is 646 g/mol. The van der Waals surface area contributed by atoms with Crippen molar-refractivity contribution < 1.29 is 14.4 Å². The van der Waals surface area contributed by atoms with Crippen molar-refractivity contribution in [2.75, 3.05) is 10.6 Å². The Labute approximate surface area is 277 Å². The van der Waals surface area contributed by atoms with Crippen LogP contribution < -0.4 is 16.0 Å². The summed E-state index contributed by atoms with van der Waals surface area (Å²) in [6.07, 6.45) is 1.64. The zero-order valence-corrected chi connectivity index (χ0v) is 26.9. The van der Waals surface area contributed by atoms with Crippen molar-refractivity contribution in [2.45, 2.75) is 24.0 Å². The van der Waals surface area contributed by atoms with Gasteiger partial charge in [0.25, 0.3) is 11.8 Å². The molecular formula is C38H32ClN3O3S. The van der Waals surface area contributed by atoms with Gasteiger partial charge in [-0.2, -0.15) is 0 Å². The predicted molar refractivity (Wildman–Crippen MR) is 188 cm³/mol. The van der Waals surface area contributed by atoms with Gasteiger partial charge in [-0.1, -0.05) is 102 Å². The van der Waals surface area contributed by atoms with Gasteiger partial charge in [0, 0.05) is 26.9 Å². The van der Waals surface area contributed by atoms with Gasteiger partial charge in [0.1, 0.15) is 10.9 Å². The third kappa shape index (κ3) is 8.75. The Morgan fingerprint density at radius 2 is 1.43 bits per heavy atom. The van der Waals surface area contributed by atoms with Crippen LogP contribution in [0.25, 0.3) is 6.08 Å². The van der Waals surface area contributed by atoms with Gasteiger partial charge in [0.2, 0.25) is 5.91 Å².